The first-order valence-corrected chi connectivity index (χ1v) is 10.8. The number of nitrogens with one attached hydrogen (secondary N) is 2. The molecular weight excluding hydrogens is 406 g/mol. The molecule has 3 rings (SSSR count). The van der Waals surface area contributed by atoms with Gasteiger partial charge in [-0.15, -0.1) is 11.8 Å². The van der Waals surface area contributed by atoms with Crippen LogP contribution in [0.1, 0.15) is 25.3 Å². The number of allylic oxidation sites excluding steroid dienone is 2. The summed E-state index contributed by atoms with van der Waals surface area (Å²) in [5, 5.41) is 17.1. The molecule has 0 aromatic heterocycles. The van der Waals surface area contributed by atoms with Gasteiger partial charge in [0, 0.05) is 17.0 Å². The number of hydrogen-bond acceptors (Lipinski definition) is 5. The molecule has 0 saturated heterocycles. The zero-order valence-corrected chi connectivity index (χ0v) is 18.7. The lowest BCUT2D eigenvalue weighted by Crippen LogP contribution is -2.30. The summed E-state index contributed by atoms with van der Waals surface area (Å²) in [7, 11) is 1.56. The number of benzene rings is 2. The van der Waals surface area contributed by atoms with Crippen molar-refractivity contribution in [2.75, 3.05) is 18.2 Å². The Bertz CT molecular complexity index is 1100. The van der Waals surface area contributed by atoms with Gasteiger partial charge in [-0.1, -0.05) is 54.6 Å². The number of carbonyl (C=O) groups is 1. The zero-order valence-electron chi connectivity index (χ0n) is 17.9. The predicted molar refractivity (Wildman–Crippen MR) is 127 cm³/mol. The number of ether oxygens (including phenoxy) is 1. The number of dihydropyridines is 1. The van der Waals surface area contributed by atoms with Gasteiger partial charge in [0.25, 0.3) is 5.91 Å². The number of carbonyl (C=O) groups excluding carboxylic acids is 1. The number of rotatable bonds is 7. The lowest BCUT2D eigenvalue weighted by atomic mass is 9.82. The maximum absolute atomic E-state index is 13.4. The zero-order chi connectivity index (χ0) is 22.4. The number of nitrogens with zero attached hydrogens (tertiary/aromatic N) is 1. The second kappa shape index (κ2) is 10.1. The van der Waals surface area contributed by atoms with Crippen LogP contribution in [0.3, 0.4) is 0 Å². The minimum absolute atomic E-state index is 0.278. The highest BCUT2D eigenvalue weighted by atomic mass is 32.2. The Morgan fingerprint density at radius 1 is 1.23 bits per heavy atom. The molecule has 1 amide bonds. The quantitative estimate of drug-likeness (QED) is 0.579. The van der Waals surface area contributed by atoms with Crippen molar-refractivity contribution in [2.24, 2.45) is 0 Å². The van der Waals surface area contributed by atoms with Crippen LogP contribution in [0.4, 0.5) is 5.69 Å². The number of thioether (sulfide) groups is 1. The standard InChI is InChI=1S/C25H25N3O2S/c1-16(2)15-31-25-19(14-26)23(18-10-6-5-7-11-18)22(17(3)27-25)24(29)28-20-12-8-9-13-21(20)30-4/h5-13,23,27H,1,15H2,2-4H3,(H,28,29)/t23-/m0/s1. The van der Waals surface area contributed by atoms with E-state index in [1.807, 2.05) is 56.3 Å². The topological polar surface area (TPSA) is 74.2 Å². The van der Waals surface area contributed by atoms with E-state index < -0.39 is 5.92 Å². The third-order valence-corrected chi connectivity index (χ3v) is 6.09. The van der Waals surface area contributed by atoms with Crippen molar-refractivity contribution in [3.05, 3.63) is 94.2 Å². The molecule has 0 aliphatic carbocycles. The molecule has 0 saturated carbocycles. The average molecular weight is 432 g/mol. The molecule has 2 aromatic carbocycles. The van der Waals surface area contributed by atoms with Gasteiger partial charge in [0.2, 0.25) is 0 Å². The minimum atomic E-state index is -0.477. The summed E-state index contributed by atoms with van der Waals surface area (Å²) < 4.78 is 5.37. The second-order valence-corrected chi connectivity index (χ2v) is 8.25. The number of nitriles is 1. The molecular formula is C25H25N3O2S. The Hall–Kier alpha value is -3.43. The van der Waals surface area contributed by atoms with E-state index in [4.69, 9.17) is 4.74 Å². The van der Waals surface area contributed by atoms with Crippen LogP contribution in [-0.2, 0) is 4.79 Å². The van der Waals surface area contributed by atoms with Crippen molar-refractivity contribution in [3.8, 4) is 11.8 Å². The van der Waals surface area contributed by atoms with Crippen molar-refractivity contribution >= 4 is 23.4 Å². The van der Waals surface area contributed by atoms with Crippen LogP contribution in [0.25, 0.3) is 0 Å². The lowest BCUT2D eigenvalue weighted by molar-refractivity contribution is -0.113. The SMILES string of the molecule is C=C(C)CSC1=C(C#N)[C@H](c2ccccc2)C(C(=O)Nc2ccccc2OC)=C(C)N1. The minimum Gasteiger partial charge on any atom is -0.495 e. The van der Waals surface area contributed by atoms with Gasteiger partial charge in [-0.25, -0.2) is 0 Å². The first-order chi connectivity index (χ1) is 15.0. The van der Waals surface area contributed by atoms with Gasteiger partial charge < -0.3 is 15.4 Å². The molecule has 1 atom stereocenters. The van der Waals surface area contributed by atoms with Gasteiger partial charge in [-0.2, -0.15) is 5.26 Å². The van der Waals surface area contributed by atoms with Crippen molar-refractivity contribution in [1.82, 2.24) is 5.32 Å². The maximum atomic E-state index is 13.4. The van der Waals surface area contributed by atoms with Crippen LogP contribution < -0.4 is 15.4 Å². The molecule has 0 spiro atoms. The fourth-order valence-electron chi connectivity index (χ4n) is 3.44. The summed E-state index contributed by atoms with van der Waals surface area (Å²) in [6.45, 7) is 7.76. The van der Waals surface area contributed by atoms with Gasteiger partial charge >= 0.3 is 0 Å². The summed E-state index contributed by atoms with van der Waals surface area (Å²) in [6.07, 6.45) is 0. The van der Waals surface area contributed by atoms with Crippen molar-refractivity contribution in [3.63, 3.8) is 0 Å². The molecule has 6 heteroatoms. The van der Waals surface area contributed by atoms with Crippen molar-refractivity contribution < 1.29 is 9.53 Å². The van der Waals surface area contributed by atoms with Gasteiger partial charge in [0.1, 0.15) is 5.75 Å². The molecule has 1 heterocycles. The monoisotopic (exact) mass is 431 g/mol. The molecule has 1 aliphatic heterocycles. The number of hydrogen-bond donors (Lipinski definition) is 2. The molecule has 2 aromatic rings. The highest BCUT2D eigenvalue weighted by molar-refractivity contribution is 8.03. The molecule has 158 valence electrons. The molecule has 0 fully saturated rings. The number of amides is 1. The molecule has 1 aliphatic rings. The first-order valence-electron chi connectivity index (χ1n) is 9.84. The van der Waals surface area contributed by atoms with Crippen LogP contribution >= 0.6 is 11.8 Å². The normalized spacial score (nSPS) is 15.7. The van der Waals surface area contributed by atoms with E-state index >= 15 is 0 Å². The lowest BCUT2D eigenvalue weighted by Gasteiger charge is -2.30. The van der Waals surface area contributed by atoms with Crippen LogP contribution in [0.15, 0.2) is 88.6 Å². The molecule has 2 N–H and O–H groups in total. The van der Waals surface area contributed by atoms with Gasteiger partial charge in [0.05, 0.1) is 35.4 Å². The Labute approximate surface area is 187 Å². The van der Waals surface area contributed by atoms with E-state index in [0.717, 1.165) is 16.2 Å². The third-order valence-electron chi connectivity index (χ3n) is 4.84. The Kier molecular flexibility index (Phi) is 7.22. The van der Waals surface area contributed by atoms with Crippen LogP contribution in [0.5, 0.6) is 5.75 Å². The van der Waals surface area contributed by atoms with Crippen LogP contribution in [0, 0.1) is 11.3 Å². The Morgan fingerprint density at radius 3 is 2.55 bits per heavy atom. The molecule has 0 bridgehead atoms. The summed E-state index contributed by atoms with van der Waals surface area (Å²) in [6, 6.07) is 19.2. The van der Waals surface area contributed by atoms with Crippen molar-refractivity contribution in [1.29, 1.82) is 5.26 Å². The summed E-state index contributed by atoms with van der Waals surface area (Å²) in [5.74, 6) is 0.503. The first kappa shape index (κ1) is 22.3. The van der Waals surface area contributed by atoms with E-state index in [0.29, 0.717) is 34.0 Å². The fourth-order valence-corrected chi connectivity index (χ4v) is 4.37. The average Bonchev–Trinajstić information content (AvgIpc) is 2.77. The van der Waals surface area contributed by atoms with Gasteiger partial charge in [0.15, 0.2) is 0 Å². The molecule has 0 unspecified atom stereocenters. The Balaban J connectivity index is 2.05. The van der Waals surface area contributed by atoms with Crippen LogP contribution in [0.2, 0.25) is 0 Å². The van der Waals surface area contributed by atoms with E-state index in [2.05, 4.69) is 23.3 Å². The largest absolute Gasteiger partial charge is 0.495 e. The third kappa shape index (κ3) is 5.01. The summed E-state index contributed by atoms with van der Waals surface area (Å²) in [5.41, 5.74) is 4.21. The van der Waals surface area contributed by atoms with E-state index in [1.54, 1.807) is 19.2 Å². The molecule has 0 radical (unpaired) electrons. The van der Waals surface area contributed by atoms with Crippen LogP contribution in [-0.4, -0.2) is 18.8 Å². The van der Waals surface area contributed by atoms with Gasteiger partial charge in [-0.3, -0.25) is 4.79 Å². The Morgan fingerprint density at radius 2 is 1.90 bits per heavy atom. The smallest absolute Gasteiger partial charge is 0.254 e. The number of para-hydroxylation sites is 2. The van der Waals surface area contributed by atoms with E-state index in [-0.39, 0.29) is 5.91 Å². The van der Waals surface area contributed by atoms with E-state index in [9.17, 15) is 10.1 Å². The van der Waals surface area contributed by atoms with Crippen molar-refractivity contribution in [2.45, 2.75) is 19.8 Å². The summed E-state index contributed by atoms with van der Waals surface area (Å²) >= 11 is 1.52. The highest BCUT2D eigenvalue weighted by Gasteiger charge is 2.34. The number of methoxy groups -OCH3 is 1. The summed E-state index contributed by atoms with van der Waals surface area (Å²) in [4.78, 5) is 13.4. The number of anilines is 1. The second-order valence-electron chi connectivity index (χ2n) is 7.26. The predicted octanol–water partition coefficient (Wildman–Crippen LogP) is 5.34. The maximum Gasteiger partial charge on any atom is 0.254 e. The molecule has 31 heavy (non-hydrogen) atoms. The molecule has 5 nitrogen and oxygen atoms in total. The van der Waals surface area contributed by atoms with Gasteiger partial charge in [-0.05, 0) is 31.5 Å². The van der Waals surface area contributed by atoms with E-state index in [1.165, 1.54) is 11.8 Å². The fraction of sp³-hybridized carbons (Fsp3) is 0.200. The highest BCUT2D eigenvalue weighted by Crippen LogP contribution is 2.41.